The van der Waals surface area contributed by atoms with Crippen molar-refractivity contribution in [2.45, 2.75) is 6.18 Å². The number of hydrogen-bond acceptors (Lipinski definition) is 3. The summed E-state index contributed by atoms with van der Waals surface area (Å²) in [7, 11) is 0. The van der Waals surface area contributed by atoms with E-state index in [-0.39, 0.29) is 16.6 Å². The molecule has 0 aliphatic rings. The van der Waals surface area contributed by atoms with E-state index in [0.29, 0.717) is 0 Å². The second kappa shape index (κ2) is 5.96. The van der Waals surface area contributed by atoms with Crippen molar-refractivity contribution in [3.8, 4) is 0 Å². The highest BCUT2D eigenvalue weighted by Crippen LogP contribution is 2.30. The van der Waals surface area contributed by atoms with Crippen molar-refractivity contribution in [1.29, 1.82) is 0 Å². The van der Waals surface area contributed by atoms with Gasteiger partial charge in [0, 0.05) is 5.69 Å². The van der Waals surface area contributed by atoms with E-state index < -0.39 is 17.6 Å². The Bertz CT molecular complexity index is 654. The number of halogens is 3. The number of alkyl halides is 3. The van der Waals surface area contributed by atoms with E-state index in [0.717, 1.165) is 12.1 Å². The molecule has 1 heterocycles. The maximum atomic E-state index is 12.6. The standard InChI is InChI=1S/C13H9F3N2O2S/c14-13(15,16)8-3-1-4-9(7-8)17-12(21)18-11(19)10-5-2-6-20-10/h1-7H,(H2,17,18,19,21). The SMILES string of the molecule is O=C(NC(=S)Nc1cccc(C(F)(F)F)c1)c1ccco1. The number of carbonyl (C=O) groups is 1. The maximum absolute atomic E-state index is 12.6. The van der Waals surface area contributed by atoms with E-state index >= 15 is 0 Å². The molecule has 4 nitrogen and oxygen atoms in total. The second-order valence-electron chi connectivity index (χ2n) is 3.96. The number of thiocarbonyl (C=S) groups is 1. The van der Waals surface area contributed by atoms with Crippen LogP contribution >= 0.6 is 12.2 Å². The van der Waals surface area contributed by atoms with Gasteiger partial charge in [-0.05, 0) is 42.5 Å². The van der Waals surface area contributed by atoms with E-state index in [2.05, 4.69) is 10.6 Å². The first-order valence-electron chi connectivity index (χ1n) is 5.69. The molecule has 8 heteroatoms. The lowest BCUT2D eigenvalue weighted by Gasteiger charge is -2.11. The minimum Gasteiger partial charge on any atom is -0.459 e. The van der Waals surface area contributed by atoms with Gasteiger partial charge in [-0.1, -0.05) is 6.07 Å². The first-order chi connectivity index (χ1) is 9.86. The summed E-state index contributed by atoms with van der Waals surface area (Å²) in [4.78, 5) is 11.6. The number of amides is 1. The highest BCUT2D eigenvalue weighted by atomic mass is 32.1. The normalized spacial score (nSPS) is 11.0. The van der Waals surface area contributed by atoms with Gasteiger partial charge >= 0.3 is 6.18 Å². The van der Waals surface area contributed by atoms with Gasteiger partial charge < -0.3 is 9.73 Å². The molecule has 0 atom stereocenters. The Kier molecular flexibility index (Phi) is 4.27. The zero-order valence-electron chi connectivity index (χ0n) is 10.4. The first-order valence-corrected chi connectivity index (χ1v) is 6.10. The fourth-order valence-corrected chi connectivity index (χ4v) is 1.72. The van der Waals surface area contributed by atoms with Crippen LogP contribution in [0.25, 0.3) is 0 Å². The molecular weight excluding hydrogens is 305 g/mol. The van der Waals surface area contributed by atoms with Gasteiger partial charge in [0.15, 0.2) is 10.9 Å². The zero-order chi connectivity index (χ0) is 15.5. The van der Waals surface area contributed by atoms with Gasteiger partial charge in [0.25, 0.3) is 5.91 Å². The predicted octanol–water partition coefficient (Wildman–Crippen LogP) is 3.43. The van der Waals surface area contributed by atoms with Crippen molar-refractivity contribution in [2.24, 2.45) is 0 Å². The third-order valence-corrected chi connectivity index (χ3v) is 2.62. The van der Waals surface area contributed by atoms with Gasteiger partial charge in [-0.15, -0.1) is 0 Å². The Labute approximate surface area is 122 Å². The summed E-state index contributed by atoms with van der Waals surface area (Å²) in [6.45, 7) is 0. The number of hydrogen-bond donors (Lipinski definition) is 2. The Balaban J connectivity index is 2.02. The molecule has 0 saturated heterocycles. The first kappa shape index (κ1) is 15.0. The van der Waals surface area contributed by atoms with Crippen LogP contribution in [0.2, 0.25) is 0 Å². The van der Waals surface area contributed by atoms with Gasteiger partial charge in [-0.2, -0.15) is 13.2 Å². The van der Waals surface area contributed by atoms with E-state index in [1.807, 2.05) is 0 Å². The number of rotatable bonds is 2. The van der Waals surface area contributed by atoms with Gasteiger partial charge in [-0.3, -0.25) is 10.1 Å². The van der Waals surface area contributed by atoms with Crippen molar-refractivity contribution in [1.82, 2.24) is 5.32 Å². The Morgan fingerprint density at radius 3 is 2.57 bits per heavy atom. The molecule has 0 radical (unpaired) electrons. The number of anilines is 1. The molecule has 2 rings (SSSR count). The second-order valence-corrected chi connectivity index (χ2v) is 4.37. The maximum Gasteiger partial charge on any atom is 0.416 e. The molecule has 0 aliphatic heterocycles. The summed E-state index contributed by atoms with van der Waals surface area (Å²) in [5, 5.41) is 4.67. The largest absolute Gasteiger partial charge is 0.459 e. The van der Waals surface area contributed by atoms with Crippen LogP contribution in [0.4, 0.5) is 18.9 Å². The topological polar surface area (TPSA) is 54.3 Å². The van der Waals surface area contributed by atoms with Crippen LogP contribution in [0, 0.1) is 0 Å². The highest BCUT2D eigenvalue weighted by molar-refractivity contribution is 7.80. The number of carbonyl (C=O) groups excluding carboxylic acids is 1. The summed E-state index contributed by atoms with van der Waals surface area (Å²) < 4.78 is 42.5. The zero-order valence-corrected chi connectivity index (χ0v) is 11.2. The Morgan fingerprint density at radius 2 is 1.95 bits per heavy atom. The van der Waals surface area contributed by atoms with Crippen molar-refractivity contribution in [2.75, 3.05) is 5.32 Å². The molecule has 0 saturated carbocycles. The minimum absolute atomic E-state index is 0.0446. The Hall–Kier alpha value is -2.35. The van der Waals surface area contributed by atoms with Gasteiger partial charge in [0.2, 0.25) is 0 Å². The van der Waals surface area contributed by atoms with Crippen LogP contribution in [0.3, 0.4) is 0 Å². The lowest BCUT2D eigenvalue weighted by Crippen LogP contribution is -2.33. The third kappa shape index (κ3) is 4.06. The van der Waals surface area contributed by atoms with Crippen LogP contribution in [0.5, 0.6) is 0 Å². The summed E-state index contributed by atoms with van der Waals surface area (Å²) >= 11 is 4.86. The smallest absolute Gasteiger partial charge is 0.416 e. The number of benzene rings is 1. The number of furan rings is 1. The summed E-state index contributed by atoms with van der Waals surface area (Å²) in [5.74, 6) is -0.548. The highest BCUT2D eigenvalue weighted by Gasteiger charge is 2.30. The van der Waals surface area contributed by atoms with Crippen LogP contribution in [0.15, 0.2) is 47.1 Å². The number of nitrogens with one attached hydrogen (secondary N) is 2. The van der Waals surface area contributed by atoms with Crippen molar-refractivity contribution in [3.63, 3.8) is 0 Å². The molecule has 2 aromatic rings. The molecule has 0 aliphatic carbocycles. The van der Waals surface area contributed by atoms with E-state index in [4.69, 9.17) is 16.6 Å². The van der Waals surface area contributed by atoms with Gasteiger partial charge in [-0.25, -0.2) is 0 Å². The predicted molar refractivity (Wildman–Crippen MR) is 73.8 cm³/mol. The quantitative estimate of drug-likeness (QED) is 0.834. The minimum atomic E-state index is -4.45. The van der Waals surface area contributed by atoms with Crippen LogP contribution in [-0.2, 0) is 6.18 Å². The molecule has 21 heavy (non-hydrogen) atoms. The fraction of sp³-hybridized carbons (Fsp3) is 0.0769. The average molecular weight is 314 g/mol. The molecule has 0 spiro atoms. The molecule has 110 valence electrons. The van der Waals surface area contributed by atoms with Crippen molar-refractivity contribution >= 4 is 28.9 Å². The van der Waals surface area contributed by atoms with Gasteiger partial charge in [0.05, 0.1) is 11.8 Å². The lowest BCUT2D eigenvalue weighted by atomic mass is 10.2. The molecular formula is C13H9F3N2O2S. The monoisotopic (exact) mass is 314 g/mol. The molecule has 1 aromatic carbocycles. The van der Waals surface area contributed by atoms with Gasteiger partial charge in [0.1, 0.15) is 0 Å². The summed E-state index contributed by atoms with van der Waals surface area (Å²) in [6, 6.07) is 7.43. The Morgan fingerprint density at radius 1 is 1.19 bits per heavy atom. The van der Waals surface area contributed by atoms with Crippen LogP contribution < -0.4 is 10.6 Å². The van der Waals surface area contributed by atoms with Crippen LogP contribution in [0.1, 0.15) is 16.1 Å². The molecule has 0 fully saturated rings. The van der Waals surface area contributed by atoms with Crippen molar-refractivity contribution in [3.05, 3.63) is 54.0 Å². The molecule has 1 amide bonds. The lowest BCUT2D eigenvalue weighted by molar-refractivity contribution is -0.137. The van der Waals surface area contributed by atoms with E-state index in [9.17, 15) is 18.0 Å². The summed E-state index contributed by atoms with van der Waals surface area (Å²) in [5.41, 5.74) is -0.692. The third-order valence-electron chi connectivity index (χ3n) is 2.42. The molecule has 0 bridgehead atoms. The van der Waals surface area contributed by atoms with E-state index in [1.54, 1.807) is 0 Å². The molecule has 0 unspecified atom stereocenters. The summed E-state index contributed by atoms with van der Waals surface area (Å²) in [6.07, 6.45) is -3.13. The fourth-order valence-electron chi connectivity index (χ4n) is 1.51. The van der Waals surface area contributed by atoms with Crippen LogP contribution in [-0.4, -0.2) is 11.0 Å². The van der Waals surface area contributed by atoms with Crippen molar-refractivity contribution < 1.29 is 22.4 Å². The van der Waals surface area contributed by atoms with E-state index in [1.165, 1.54) is 30.5 Å². The molecule has 1 aromatic heterocycles. The average Bonchev–Trinajstić information content (AvgIpc) is 2.91. The molecule has 2 N–H and O–H groups in total.